The summed E-state index contributed by atoms with van der Waals surface area (Å²) in [6.07, 6.45) is 1.81. The zero-order valence-corrected chi connectivity index (χ0v) is 13.4. The summed E-state index contributed by atoms with van der Waals surface area (Å²) in [5.41, 5.74) is -0.151. The van der Waals surface area contributed by atoms with Gasteiger partial charge in [-0.2, -0.15) is 0 Å². The summed E-state index contributed by atoms with van der Waals surface area (Å²) in [7, 11) is 2.97. The van der Waals surface area contributed by atoms with E-state index >= 15 is 0 Å². The lowest BCUT2D eigenvalue weighted by atomic mass is 9.79. The fourth-order valence-electron chi connectivity index (χ4n) is 2.91. The summed E-state index contributed by atoms with van der Waals surface area (Å²) in [4.78, 5) is 10.6. The van der Waals surface area contributed by atoms with E-state index in [4.69, 9.17) is 9.47 Å². The number of anilines is 1. The minimum Gasteiger partial charge on any atom is -0.494 e. The van der Waals surface area contributed by atoms with Crippen molar-refractivity contribution >= 4 is 11.4 Å². The molecule has 7 nitrogen and oxygen atoms in total. The lowest BCUT2D eigenvalue weighted by molar-refractivity contribution is -0.384. The average Bonchev–Trinajstić information content (AvgIpc) is 2.54. The fourth-order valence-corrected chi connectivity index (χ4v) is 2.91. The zero-order valence-electron chi connectivity index (χ0n) is 13.4. The molecular weight excluding hydrogens is 305 g/mol. The van der Waals surface area contributed by atoms with E-state index in [1.54, 1.807) is 7.11 Å². The maximum atomic E-state index is 13.7. The summed E-state index contributed by atoms with van der Waals surface area (Å²) in [6.45, 7) is 2.83. The summed E-state index contributed by atoms with van der Waals surface area (Å²) >= 11 is 0. The highest BCUT2D eigenvalue weighted by atomic mass is 19.1. The predicted molar refractivity (Wildman–Crippen MR) is 84.5 cm³/mol. The van der Waals surface area contributed by atoms with E-state index < -0.39 is 10.7 Å². The van der Waals surface area contributed by atoms with Crippen LogP contribution < -0.4 is 15.4 Å². The van der Waals surface area contributed by atoms with Gasteiger partial charge in [-0.25, -0.2) is 4.39 Å². The number of nitrogens with zero attached hydrogens (tertiary/aromatic N) is 1. The first-order valence-electron chi connectivity index (χ1n) is 7.47. The SMILES string of the molecule is COCC1(CNc2cc(OC)c(F)cc2[N+](=O)[O-])CCNCC1. The van der Waals surface area contributed by atoms with E-state index in [9.17, 15) is 14.5 Å². The fraction of sp³-hybridized carbons (Fsp3) is 0.600. The van der Waals surface area contributed by atoms with E-state index in [0.717, 1.165) is 32.0 Å². The summed E-state index contributed by atoms with van der Waals surface area (Å²) < 4.78 is 23.9. The molecule has 2 rings (SSSR count). The minimum atomic E-state index is -0.752. The highest BCUT2D eigenvalue weighted by Crippen LogP contribution is 2.34. The Kier molecular flexibility index (Phi) is 5.73. The third-order valence-electron chi connectivity index (χ3n) is 4.24. The molecule has 1 heterocycles. The van der Waals surface area contributed by atoms with Crippen LogP contribution in [-0.4, -0.2) is 45.4 Å². The van der Waals surface area contributed by atoms with E-state index in [2.05, 4.69) is 10.6 Å². The van der Waals surface area contributed by atoms with Crippen LogP contribution in [0.1, 0.15) is 12.8 Å². The lowest BCUT2D eigenvalue weighted by Gasteiger charge is -2.37. The van der Waals surface area contributed by atoms with Gasteiger partial charge in [-0.1, -0.05) is 0 Å². The van der Waals surface area contributed by atoms with Gasteiger partial charge in [-0.05, 0) is 25.9 Å². The molecular formula is C15H22FN3O4. The Morgan fingerprint density at radius 1 is 1.39 bits per heavy atom. The molecule has 0 bridgehead atoms. The van der Waals surface area contributed by atoms with E-state index in [-0.39, 0.29) is 22.5 Å². The normalized spacial score (nSPS) is 16.8. The second-order valence-electron chi connectivity index (χ2n) is 5.80. The van der Waals surface area contributed by atoms with Crippen molar-refractivity contribution in [1.82, 2.24) is 5.32 Å². The van der Waals surface area contributed by atoms with E-state index in [0.29, 0.717) is 13.2 Å². The van der Waals surface area contributed by atoms with Gasteiger partial charge in [0.05, 0.1) is 24.7 Å². The van der Waals surface area contributed by atoms with Crippen LogP contribution in [0, 0.1) is 21.3 Å². The molecule has 0 unspecified atom stereocenters. The number of nitrogens with one attached hydrogen (secondary N) is 2. The molecule has 0 amide bonds. The van der Waals surface area contributed by atoms with Crippen LogP contribution >= 0.6 is 0 Å². The number of hydrogen-bond donors (Lipinski definition) is 2. The number of ether oxygens (including phenoxy) is 2. The van der Waals surface area contributed by atoms with Crippen LogP contribution in [0.25, 0.3) is 0 Å². The van der Waals surface area contributed by atoms with Crippen molar-refractivity contribution in [2.45, 2.75) is 12.8 Å². The number of rotatable bonds is 7. The highest BCUT2D eigenvalue weighted by Gasteiger charge is 2.33. The highest BCUT2D eigenvalue weighted by molar-refractivity contribution is 5.64. The van der Waals surface area contributed by atoms with Crippen molar-refractivity contribution in [3.63, 3.8) is 0 Å². The third kappa shape index (κ3) is 4.08. The molecule has 8 heteroatoms. The second kappa shape index (κ2) is 7.56. The molecule has 2 N–H and O–H groups in total. The van der Waals surface area contributed by atoms with Crippen LogP contribution in [0.4, 0.5) is 15.8 Å². The molecule has 23 heavy (non-hydrogen) atoms. The molecule has 128 valence electrons. The molecule has 1 aromatic carbocycles. The van der Waals surface area contributed by atoms with Crippen molar-refractivity contribution in [3.8, 4) is 5.75 Å². The quantitative estimate of drug-likeness (QED) is 0.590. The number of benzene rings is 1. The standard InChI is InChI=1S/C15H22FN3O4/c1-22-10-15(3-5-17-6-4-15)9-18-12-8-14(23-2)11(16)7-13(12)19(20)21/h7-8,17-18H,3-6,9-10H2,1-2H3. The third-order valence-corrected chi connectivity index (χ3v) is 4.24. The molecule has 0 aromatic heterocycles. The van der Waals surface area contributed by atoms with Gasteiger partial charge in [0.1, 0.15) is 5.69 Å². The second-order valence-corrected chi connectivity index (χ2v) is 5.80. The minimum absolute atomic E-state index is 0.0239. The lowest BCUT2D eigenvalue weighted by Crippen LogP contribution is -2.44. The molecule has 1 aliphatic heterocycles. The van der Waals surface area contributed by atoms with Gasteiger partial charge in [0.15, 0.2) is 11.6 Å². The number of hydrogen-bond acceptors (Lipinski definition) is 6. The Labute approximate surface area is 134 Å². The van der Waals surface area contributed by atoms with Crippen LogP contribution in [0.3, 0.4) is 0 Å². The molecule has 0 spiro atoms. The van der Waals surface area contributed by atoms with Gasteiger partial charge in [0, 0.05) is 25.1 Å². The molecule has 0 radical (unpaired) electrons. The maximum Gasteiger partial charge on any atom is 0.295 e. The first-order valence-corrected chi connectivity index (χ1v) is 7.47. The predicted octanol–water partition coefficient (Wildman–Crippen LogP) is 2.17. The maximum absolute atomic E-state index is 13.7. The molecule has 1 fully saturated rings. The van der Waals surface area contributed by atoms with Gasteiger partial charge in [-0.3, -0.25) is 10.1 Å². The Balaban J connectivity index is 2.22. The van der Waals surface area contributed by atoms with Crippen molar-refractivity contribution < 1.29 is 18.8 Å². The number of methoxy groups -OCH3 is 2. The van der Waals surface area contributed by atoms with Crippen molar-refractivity contribution in [1.29, 1.82) is 0 Å². The van der Waals surface area contributed by atoms with Crippen molar-refractivity contribution in [2.75, 3.05) is 45.8 Å². The molecule has 0 atom stereocenters. The van der Waals surface area contributed by atoms with Gasteiger partial charge < -0.3 is 20.1 Å². The Bertz CT molecular complexity index is 556. The largest absolute Gasteiger partial charge is 0.494 e. The van der Waals surface area contributed by atoms with Crippen molar-refractivity contribution in [3.05, 3.63) is 28.1 Å². The molecule has 1 aromatic rings. The molecule has 0 saturated carbocycles. The van der Waals surface area contributed by atoms with E-state index in [1.165, 1.54) is 13.2 Å². The first kappa shape index (κ1) is 17.4. The number of nitro benzene ring substituents is 1. The van der Waals surface area contributed by atoms with Crippen LogP contribution in [-0.2, 0) is 4.74 Å². The van der Waals surface area contributed by atoms with Crippen LogP contribution in [0.15, 0.2) is 12.1 Å². The number of piperidine rings is 1. The number of nitro groups is 1. The van der Waals surface area contributed by atoms with Gasteiger partial charge in [0.2, 0.25) is 0 Å². The summed E-state index contributed by atoms with van der Waals surface area (Å²) in [5, 5.41) is 17.5. The number of halogens is 1. The molecule has 0 aliphatic carbocycles. The summed E-state index contributed by atoms with van der Waals surface area (Å²) in [6, 6.07) is 2.21. The summed E-state index contributed by atoms with van der Waals surface area (Å²) in [5.74, 6) is -0.776. The smallest absolute Gasteiger partial charge is 0.295 e. The Morgan fingerprint density at radius 3 is 2.65 bits per heavy atom. The van der Waals surface area contributed by atoms with Crippen LogP contribution in [0.5, 0.6) is 5.75 Å². The van der Waals surface area contributed by atoms with Gasteiger partial charge >= 0.3 is 0 Å². The molecule has 1 aliphatic rings. The topological polar surface area (TPSA) is 85.7 Å². The van der Waals surface area contributed by atoms with Crippen molar-refractivity contribution in [2.24, 2.45) is 5.41 Å². The van der Waals surface area contributed by atoms with E-state index in [1.807, 2.05) is 0 Å². The van der Waals surface area contributed by atoms with Gasteiger partial charge in [0.25, 0.3) is 5.69 Å². The van der Waals surface area contributed by atoms with Crippen LogP contribution in [0.2, 0.25) is 0 Å². The molecule has 1 saturated heterocycles. The van der Waals surface area contributed by atoms with Gasteiger partial charge in [-0.15, -0.1) is 0 Å². The monoisotopic (exact) mass is 327 g/mol. The Hall–Kier alpha value is -1.93. The average molecular weight is 327 g/mol. The Morgan fingerprint density at radius 2 is 2.09 bits per heavy atom. The zero-order chi connectivity index (χ0) is 16.9. The first-order chi connectivity index (χ1) is 11.0.